The highest BCUT2D eigenvalue weighted by Crippen LogP contribution is 2.34. The first-order valence-corrected chi connectivity index (χ1v) is 7.79. The van der Waals surface area contributed by atoms with Gasteiger partial charge in [0.1, 0.15) is 0 Å². The smallest absolute Gasteiger partial charge is 0.185 e. The molecule has 0 bridgehead atoms. The second kappa shape index (κ2) is 4.90. The fraction of sp³-hybridized carbons (Fsp3) is 0.538. The molecule has 1 heterocycles. The van der Waals surface area contributed by atoms with Gasteiger partial charge in [0.15, 0.2) is 9.84 Å². The summed E-state index contributed by atoms with van der Waals surface area (Å²) in [6, 6.07) is 5.34. The van der Waals surface area contributed by atoms with Crippen LogP contribution in [0.15, 0.2) is 23.1 Å². The Labute approximate surface area is 108 Å². The molecule has 2 unspecified atom stereocenters. The maximum Gasteiger partial charge on any atom is 0.185 e. The summed E-state index contributed by atoms with van der Waals surface area (Å²) in [4.78, 5) is 0.374. The van der Waals surface area contributed by atoms with E-state index in [4.69, 9.17) is 5.11 Å². The van der Waals surface area contributed by atoms with E-state index >= 15 is 0 Å². The molecule has 1 aromatic carbocycles. The third-order valence-corrected chi connectivity index (χ3v) is 5.91. The van der Waals surface area contributed by atoms with E-state index in [9.17, 15) is 8.42 Å². The van der Waals surface area contributed by atoms with Crippen LogP contribution in [0.5, 0.6) is 0 Å². The molecule has 0 saturated carbocycles. The van der Waals surface area contributed by atoms with Crippen LogP contribution in [0.4, 0.5) is 5.69 Å². The van der Waals surface area contributed by atoms with E-state index in [1.807, 2.05) is 26.0 Å². The SMILES string of the molecule is CCc1ccc2c(c1)S(=O)(=O)C(CCO)C(C)N2. The van der Waals surface area contributed by atoms with E-state index in [-0.39, 0.29) is 19.1 Å². The van der Waals surface area contributed by atoms with Crippen molar-refractivity contribution in [2.24, 2.45) is 0 Å². The number of sulfone groups is 1. The normalized spacial score (nSPS) is 25.3. The van der Waals surface area contributed by atoms with E-state index in [0.29, 0.717) is 10.6 Å². The van der Waals surface area contributed by atoms with Crippen LogP contribution in [0.1, 0.15) is 25.8 Å². The first kappa shape index (κ1) is 13.4. The zero-order valence-corrected chi connectivity index (χ0v) is 11.5. The minimum atomic E-state index is -3.35. The van der Waals surface area contributed by atoms with Crippen LogP contribution in [0.2, 0.25) is 0 Å². The molecule has 0 fully saturated rings. The van der Waals surface area contributed by atoms with Crippen LogP contribution in [0, 0.1) is 0 Å². The van der Waals surface area contributed by atoms with Crippen LogP contribution >= 0.6 is 0 Å². The predicted octanol–water partition coefficient (Wildman–Crippen LogP) is 1.59. The lowest BCUT2D eigenvalue weighted by Crippen LogP contribution is -2.42. The lowest BCUT2D eigenvalue weighted by atomic mass is 10.1. The number of aliphatic hydroxyl groups is 1. The molecule has 1 aromatic rings. The summed E-state index contributed by atoms with van der Waals surface area (Å²) in [6.45, 7) is 3.73. The Hall–Kier alpha value is -1.07. The van der Waals surface area contributed by atoms with Gasteiger partial charge in [-0.1, -0.05) is 13.0 Å². The molecule has 1 aliphatic heterocycles. The van der Waals surface area contributed by atoms with Crippen LogP contribution in [-0.2, 0) is 16.3 Å². The quantitative estimate of drug-likeness (QED) is 0.874. The van der Waals surface area contributed by atoms with Gasteiger partial charge in [0.2, 0.25) is 0 Å². The number of anilines is 1. The molecule has 18 heavy (non-hydrogen) atoms. The molecule has 0 radical (unpaired) electrons. The number of fused-ring (bicyclic) bond motifs is 1. The highest BCUT2D eigenvalue weighted by molar-refractivity contribution is 7.92. The number of nitrogens with one attached hydrogen (secondary N) is 1. The van der Waals surface area contributed by atoms with Gasteiger partial charge in [-0.25, -0.2) is 8.42 Å². The molecule has 4 nitrogen and oxygen atoms in total. The Morgan fingerprint density at radius 2 is 2.11 bits per heavy atom. The van der Waals surface area contributed by atoms with Crippen LogP contribution in [-0.4, -0.2) is 31.4 Å². The average molecular weight is 269 g/mol. The molecule has 2 N–H and O–H groups in total. The molecule has 0 spiro atoms. The number of aliphatic hydroxyl groups excluding tert-OH is 1. The maximum absolute atomic E-state index is 12.5. The largest absolute Gasteiger partial charge is 0.396 e. The number of hydrogen-bond donors (Lipinski definition) is 2. The van der Waals surface area contributed by atoms with Gasteiger partial charge < -0.3 is 10.4 Å². The molecule has 0 saturated heterocycles. The minimum absolute atomic E-state index is 0.112. The number of benzene rings is 1. The third-order valence-electron chi connectivity index (χ3n) is 3.51. The fourth-order valence-electron chi connectivity index (χ4n) is 2.44. The van der Waals surface area contributed by atoms with Crippen LogP contribution < -0.4 is 5.32 Å². The second-order valence-electron chi connectivity index (χ2n) is 4.71. The zero-order chi connectivity index (χ0) is 13.3. The maximum atomic E-state index is 12.5. The Balaban J connectivity index is 2.53. The van der Waals surface area contributed by atoms with Crippen molar-refractivity contribution >= 4 is 15.5 Å². The molecule has 0 aliphatic carbocycles. The van der Waals surface area contributed by atoms with E-state index in [0.717, 1.165) is 12.0 Å². The van der Waals surface area contributed by atoms with Crippen molar-refractivity contribution in [1.82, 2.24) is 0 Å². The lowest BCUT2D eigenvalue weighted by Gasteiger charge is -2.32. The van der Waals surface area contributed by atoms with Crippen LogP contribution in [0.3, 0.4) is 0 Å². The van der Waals surface area contributed by atoms with Crippen molar-refractivity contribution in [2.75, 3.05) is 11.9 Å². The van der Waals surface area contributed by atoms with Crippen molar-refractivity contribution in [3.8, 4) is 0 Å². The first-order valence-electron chi connectivity index (χ1n) is 6.25. The molecule has 100 valence electrons. The molecule has 0 amide bonds. The van der Waals surface area contributed by atoms with Gasteiger partial charge in [-0.3, -0.25) is 0 Å². The van der Waals surface area contributed by atoms with Gasteiger partial charge in [0.25, 0.3) is 0 Å². The predicted molar refractivity (Wildman–Crippen MR) is 71.6 cm³/mol. The van der Waals surface area contributed by atoms with Crippen molar-refractivity contribution in [2.45, 2.75) is 42.9 Å². The zero-order valence-electron chi connectivity index (χ0n) is 10.7. The molecular weight excluding hydrogens is 250 g/mol. The molecule has 0 aromatic heterocycles. The Morgan fingerprint density at radius 1 is 1.39 bits per heavy atom. The first-order chi connectivity index (χ1) is 8.50. The lowest BCUT2D eigenvalue weighted by molar-refractivity contribution is 0.282. The summed E-state index contributed by atoms with van der Waals surface area (Å²) in [6.07, 6.45) is 1.08. The second-order valence-corrected chi connectivity index (χ2v) is 6.85. The van der Waals surface area contributed by atoms with Gasteiger partial charge in [0.05, 0.1) is 15.8 Å². The molecule has 5 heteroatoms. The van der Waals surface area contributed by atoms with Crippen molar-refractivity contribution in [3.63, 3.8) is 0 Å². The standard InChI is InChI=1S/C13H19NO3S/c1-3-10-4-5-11-13(8-10)18(16,17)12(6-7-15)9(2)14-11/h4-5,8-9,12,14-15H,3,6-7H2,1-2H3. The van der Waals surface area contributed by atoms with E-state index in [1.54, 1.807) is 6.07 Å². The van der Waals surface area contributed by atoms with Gasteiger partial charge in [-0.15, -0.1) is 0 Å². The topological polar surface area (TPSA) is 66.4 Å². The van der Waals surface area contributed by atoms with Crippen LogP contribution in [0.25, 0.3) is 0 Å². The fourth-order valence-corrected chi connectivity index (χ4v) is 4.54. The summed E-state index contributed by atoms with van der Waals surface area (Å²) in [5, 5.41) is 11.7. The minimum Gasteiger partial charge on any atom is -0.396 e. The number of aryl methyl sites for hydroxylation is 1. The highest BCUT2D eigenvalue weighted by Gasteiger charge is 2.38. The Kier molecular flexibility index (Phi) is 3.64. The van der Waals surface area contributed by atoms with Crippen molar-refractivity contribution < 1.29 is 13.5 Å². The van der Waals surface area contributed by atoms with Gasteiger partial charge >= 0.3 is 0 Å². The summed E-state index contributed by atoms with van der Waals surface area (Å²) >= 11 is 0. The summed E-state index contributed by atoms with van der Waals surface area (Å²) in [5.41, 5.74) is 1.69. The number of rotatable bonds is 3. The van der Waals surface area contributed by atoms with E-state index < -0.39 is 15.1 Å². The Morgan fingerprint density at radius 3 is 2.72 bits per heavy atom. The summed E-state index contributed by atoms with van der Waals surface area (Å²) in [7, 11) is -3.35. The summed E-state index contributed by atoms with van der Waals surface area (Å²) in [5.74, 6) is 0. The van der Waals surface area contributed by atoms with E-state index in [2.05, 4.69) is 5.32 Å². The number of hydrogen-bond acceptors (Lipinski definition) is 4. The van der Waals surface area contributed by atoms with E-state index in [1.165, 1.54) is 0 Å². The van der Waals surface area contributed by atoms with Crippen molar-refractivity contribution in [3.05, 3.63) is 23.8 Å². The Bertz CT molecular complexity index is 539. The summed E-state index contributed by atoms with van der Waals surface area (Å²) < 4.78 is 25.0. The molecule has 2 rings (SSSR count). The monoisotopic (exact) mass is 269 g/mol. The molecule has 1 aliphatic rings. The molecular formula is C13H19NO3S. The average Bonchev–Trinajstić information content (AvgIpc) is 2.34. The van der Waals surface area contributed by atoms with Gasteiger partial charge in [-0.05, 0) is 37.5 Å². The highest BCUT2D eigenvalue weighted by atomic mass is 32.2. The third kappa shape index (κ3) is 2.12. The molecule has 2 atom stereocenters. The van der Waals surface area contributed by atoms with Gasteiger partial charge in [-0.2, -0.15) is 0 Å². The van der Waals surface area contributed by atoms with Crippen molar-refractivity contribution in [1.29, 1.82) is 0 Å². The van der Waals surface area contributed by atoms with Gasteiger partial charge in [0, 0.05) is 12.6 Å².